The number of fused-ring (bicyclic) bond motifs is 1. The van der Waals surface area contributed by atoms with Gasteiger partial charge in [-0.05, 0) is 17.7 Å². The fraction of sp³-hybridized carbons (Fsp3) is 0.200. The Morgan fingerprint density at radius 1 is 1.44 bits per heavy atom. The van der Waals surface area contributed by atoms with E-state index in [1.165, 1.54) is 0 Å². The lowest BCUT2D eigenvalue weighted by atomic mass is 10.2. The lowest BCUT2D eigenvalue weighted by Crippen LogP contribution is -2.32. The molecule has 0 amide bonds. The minimum Gasteiger partial charge on any atom is -0.454 e. The molecule has 1 aliphatic rings. The average Bonchev–Trinajstić information content (AvgIpc) is 2.74. The van der Waals surface area contributed by atoms with Crippen LogP contribution >= 0.6 is 0 Å². The van der Waals surface area contributed by atoms with Crippen LogP contribution in [0.25, 0.3) is 0 Å². The van der Waals surface area contributed by atoms with Gasteiger partial charge in [-0.3, -0.25) is 10.7 Å². The molecule has 0 bridgehead atoms. The molecule has 1 aromatic carbocycles. The van der Waals surface area contributed by atoms with Crippen molar-refractivity contribution >= 4 is 5.96 Å². The van der Waals surface area contributed by atoms with Crippen LogP contribution in [0.2, 0.25) is 0 Å². The molecule has 3 N–H and O–H groups in total. The number of nitrogens with zero attached hydrogens (tertiary/aromatic N) is 1. The molecule has 0 radical (unpaired) electrons. The van der Waals surface area contributed by atoms with E-state index in [2.05, 4.69) is 10.6 Å². The van der Waals surface area contributed by atoms with E-state index >= 15 is 0 Å². The van der Waals surface area contributed by atoms with E-state index in [1.54, 1.807) is 6.19 Å². The largest absolute Gasteiger partial charge is 0.454 e. The molecule has 0 saturated heterocycles. The summed E-state index contributed by atoms with van der Waals surface area (Å²) < 4.78 is 10.4. The van der Waals surface area contributed by atoms with Gasteiger partial charge in [-0.2, -0.15) is 5.26 Å². The lowest BCUT2D eigenvalue weighted by molar-refractivity contribution is 0.174. The maximum absolute atomic E-state index is 8.28. The third-order valence-corrected chi connectivity index (χ3v) is 2.09. The van der Waals surface area contributed by atoms with Crippen LogP contribution in [0.5, 0.6) is 11.5 Å². The summed E-state index contributed by atoms with van der Waals surface area (Å²) >= 11 is 0. The predicted octanol–water partition coefficient (Wildman–Crippen LogP) is 0.510. The Morgan fingerprint density at radius 3 is 3.06 bits per heavy atom. The van der Waals surface area contributed by atoms with E-state index in [0.29, 0.717) is 12.3 Å². The first-order valence-electron chi connectivity index (χ1n) is 4.65. The van der Waals surface area contributed by atoms with Gasteiger partial charge in [-0.1, -0.05) is 6.07 Å². The standard InChI is InChI=1S/C10H10N4O2/c11-5-14-10(12)13-4-7-1-2-8-9(3-7)16-6-15-8/h1-3H,4,6H2,(H3,12,13,14). The van der Waals surface area contributed by atoms with Crippen molar-refractivity contribution < 1.29 is 9.47 Å². The van der Waals surface area contributed by atoms with E-state index in [0.717, 1.165) is 11.3 Å². The van der Waals surface area contributed by atoms with Gasteiger partial charge >= 0.3 is 0 Å². The summed E-state index contributed by atoms with van der Waals surface area (Å²) in [6.45, 7) is 0.697. The topological polar surface area (TPSA) is 90.2 Å². The molecule has 82 valence electrons. The summed E-state index contributed by atoms with van der Waals surface area (Å²) in [5, 5.41) is 20.5. The highest BCUT2D eigenvalue weighted by Gasteiger charge is 2.12. The number of nitriles is 1. The van der Waals surface area contributed by atoms with Crippen LogP contribution in [0.4, 0.5) is 0 Å². The van der Waals surface area contributed by atoms with Crippen molar-refractivity contribution in [2.45, 2.75) is 6.54 Å². The summed E-state index contributed by atoms with van der Waals surface area (Å²) in [7, 11) is 0. The van der Waals surface area contributed by atoms with Crippen molar-refractivity contribution in [1.82, 2.24) is 10.6 Å². The van der Waals surface area contributed by atoms with Crippen molar-refractivity contribution in [3.8, 4) is 17.7 Å². The molecule has 0 fully saturated rings. The van der Waals surface area contributed by atoms with E-state index in [1.807, 2.05) is 18.2 Å². The van der Waals surface area contributed by atoms with Gasteiger partial charge < -0.3 is 14.8 Å². The van der Waals surface area contributed by atoms with Gasteiger partial charge in [-0.15, -0.1) is 0 Å². The third kappa shape index (κ3) is 2.15. The van der Waals surface area contributed by atoms with Crippen molar-refractivity contribution in [1.29, 1.82) is 10.7 Å². The Balaban J connectivity index is 1.96. The quantitative estimate of drug-likeness (QED) is 0.291. The number of hydrogen-bond acceptors (Lipinski definition) is 4. The molecule has 6 heteroatoms. The monoisotopic (exact) mass is 218 g/mol. The number of guanidine groups is 1. The summed E-state index contributed by atoms with van der Waals surface area (Å²) in [5.41, 5.74) is 0.953. The van der Waals surface area contributed by atoms with Crippen LogP contribution in [0.3, 0.4) is 0 Å². The average molecular weight is 218 g/mol. The van der Waals surface area contributed by atoms with Crippen molar-refractivity contribution in [3.63, 3.8) is 0 Å². The van der Waals surface area contributed by atoms with Crippen molar-refractivity contribution in [3.05, 3.63) is 23.8 Å². The second kappa shape index (κ2) is 4.40. The number of hydrogen-bond donors (Lipinski definition) is 3. The Hall–Kier alpha value is -2.42. The first kappa shape index (κ1) is 10.1. The first-order valence-corrected chi connectivity index (χ1v) is 4.65. The number of rotatable bonds is 2. The zero-order valence-corrected chi connectivity index (χ0v) is 8.41. The van der Waals surface area contributed by atoms with E-state index in [4.69, 9.17) is 20.1 Å². The summed E-state index contributed by atoms with van der Waals surface area (Å²) in [4.78, 5) is 0. The normalized spacial score (nSPS) is 11.7. The van der Waals surface area contributed by atoms with Crippen LogP contribution in [-0.4, -0.2) is 12.8 Å². The molecule has 1 heterocycles. The van der Waals surface area contributed by atoms with Gasteiger partial charge in [-0.25, -0.2) is 0 Å². The van der Waals surface area contributed by atoms with Gasteiger partial charge in [0.1, 0.15) is 0 Å². The molecule has 0 spiro atoms. The van der Waals surface area contributed by atoms with Crippen LogP contribution in [-0.2, 0) is 6.54 Å². The Labute approximate surface area is 92.3 Å². The molecular formula is C10H10N4O2. The number of nitrogens with one attached hydrogen (secondary N) is 3. The van der Waals surface area contributed by atoms with Crippen molar-refractivity contribution in [2.24, 2.45) is 0 Å². The van der Waals surface area contributed by atoms with Gasteiger partial charge in [0.2, 0.25) is 12.8 Å². The lowest BCUT2D eigenvalue weighted by Gasteiger charge is -2.06. The zero-order chi connectivity index (χ0) is 11.4. The second-order valence-corrected chi connectivity index (χ2v) is 3.15. The maximum Gasteiger partial charge on any atom is 0.231 e. The second-order valence-electron chi connectivity index (χ2n) is 3.15. The van der Waals surface area contributed by atoms with Gasteiger partial charge in [0.05, 0.1) is 0 Å². The first-order chi connectivity index (χ1) is 7.79. The molecule has 1 aliphatic heterocycles. The molecule has 2 rings (SSSR count). The van der Waals surface area contributed by atoms with Crippen LogP contribution < -0.4 is 20.1 Å². The fourth-order valence-corrected chi connectivity index (χ4v) is 1.34. The highest BCUT2D eigenvalue weighted by atomic mass is 16.7. The number of benzene rings is 1. The van der Waals surface area contributed by atoms with Crippen LogP contribution in [0.1, 0.15) is 5.56 Å². The summed E-state index contributed by atoms with van der Waals surface area (Å²) in [6.07, 6.45) is 1.66. The van der Waals surface area contributed by atoms with E-state index in [9.17, 15) is 0 Å². The molecule has 0 unspecified atom stereocenters. The smallest absolute Gasteiger partial charge is 0.231 e. The minimum absolute atomic E-state index is 0.0276. The van der Waals surface area contributed by atoms with Gasteiger partial charge in [0, 0.05) is 6.54 Å². The fourth-order valence-electron chi connectivity index (χ4n) is 1.34. The molecule has 0 aromatic heterocycles. The zero-order valence-electron chi connectivity index (χ0n) is 8.41. The van der Waals surface area contributed by atoms with E-state index in [-0.39, 0.29) is 12.8 Å². The van der Waals surface area contributed by atoms with E-state index < -0.39 is 0 Å². The SMILES string of the molecule is N#CNC(=N)NCc1ccc2c(c1)OCO2. The maximum atomic E-state index is 8.28. The molecule has 0 atom stereocenters. The molecule has 0 aliphatic carbocycles. The molecule has 0 saturated carbocycles. The van der Waals surface area contributed by atoms with Crippen LogP contribution in [0, 0.1) is 16.9 Å². The van der Waals surface area contributed by atoms with Crippen molar-refractivity contribution in [2.75, 3.05) is 6.79 Å². The highest BCUT2D eigenvalue weighted by Crippen LogP contribution is 2.32. The van der Waals surface area contributed by atoms with Gasteiger partial charge in [0.15, 0.2) is 17.7 Å². The highest BCUT2D eigenvalue weighted by molar-refractivity contribution is 5.77. The minimum atomic E-state index is -0.0276. The Kier molecular flexibility index (Phi) is 2.78. The van der Waals surface area contributed by atoms with Crippen LogP contribution in [0.15, 0.2) is 18.2 Å². The molecule has 6 nitrogen and oxygen atoms in total. The van der Waals surface area contributed by atoms with Gasteiger partial charge in [0.25, 0.3) is 0 Å². The third-order valence-electron chi connectivity index (χ3n) is 2.09. The number of ether oxygens (including phenoxy) is 2. The molecule has 1 aromatic rings. The predicted molar refractivity (Wildman–Crippen MR) is 55.9 cm³/mol. The summed E-state index contributed by atoms with van der Waals surface area (Å²) in [5.74, 6) is 1.41. The summed E-state index contributed by atoms with van der Waals surface area (Å²) in [6, 6.07) is 5.54. The molecule has 16 heavy (non-hydrogen) atoms. The Morgan fingerprint density at radius 2 is 2.25 bits per heavy atom. The Bertz CT molecular complexity index is 453. The molecular weight excluding hydrogens is 208 g/mol.